The summed E-state index contributed by atoms with van der Waals surface area (Å²) in [6.45, 7) is 0. The fraction of sp³-hybridized carbons (Fsp3) is 0.296. The average molecular weight is 460 g/mol. The summed E-state index contributed by atoms with van der Waals surface area (Å²) in [5.74, 6) is -0.565. The highest BCUT2D eigenvalue weighted by Gasteiger charge is 2.44. The Morgan fingerprint density at radius 2 is 1.88 bits per heavy atom. The third kappa shape index (κ3) is 5.24. The smallest absolute Gasteiger partial charge is 0.256 e. The molecule has 1 amide bonds. The van der Waals surface area contributed by atoms with Gasteiger partial charge in [0.05, 0.1) is 10.6 Å². The number of nitrogens with zero attached hydrogens (tertiary/aromatic N) is 2. The van der Waals surface area contributed by atoms with E-state index in [2.05, 4.69) is 10.3 Å². The molecule has 1 aliphatic rings. The largest absolute Gasteiger partial charge is 0.379 e. The molecule has 1 heterocycles. The molecule has 2 N–H and O–H groups in total. The van der Waals surface area contributed by atoms with Gasteiger partial charge in [-0.1, -0.05) is 61.2 Å². The Balaban J connectivity index is 1.58. The Morgan fingerprint density at radius 1 is 1.12 bits per heavy atom. The first-order valence-electron chi connectivity index (χ1n) is 11.2. The molecule has 0 saturated heterocycles. The standard InChI is InChI=1S/C27H26ClN3O2/c28-25-15-24(13-12-21(25)17-29)31-26(32)27(33,23-6-2-1-3-7-23)16-19-8-10-20(11-9-19)22-5-4-14-30-18-22/h4-5,8-15,18,23,33H,1-3,6-7,16H2,(H,31,32). The van der Waals surface area contributed by atoms with Crippen LogP contribution in [-0.2, 0) is 11.2 Å². The quantitative estimate of drug-likeness (QED) is 0.490. The number of amides is 1. The van der Waals surface area contributed by atoms with Crippen molar-refractivity contribution in [2.75, 3.05) is 5.32 Å². The van der Waals surface area contributed by atoms with Gasteiger partial charge in [-0.15, -0.1) is 0 Å². The number of pyridine rings is 1. The molecule has 0 spiro atoms. The zero-order valence-corrected chi connectivity index (χ0v) is 19.1. The van der Waals surface area contributed by atoms with E-state index in [-0.39, 0.29) is 17.4 Å². The van der Waals surface area contributed by atoms with Gasteiger partial charge in [-0.3, -0.25) is 9.78 Å². The number of aliphatic hydroxyl groups is 1. The highest BCUT2D eigenvalue weighted by Crippen LogP contribution is 2.36. The number of hydrogen-bond acceptors (Lipinski definition) is 4. The first-order chi connectivity index (χ1) is 16.0. The molecule has 0 radical (unpaired) electrons. The van der Waals surface area contributed by atoms with Crippen molar-refractivity contribution in [2.24, 2.45) is 5.92 Å². The molecule has 1 fully saturated rings. The Kier molecular flexibility index (Phi) is 7.08. The molecule has 1 aromatic heterocycles. The van der Waals surface area contributed by atoms with Crippen LogP contribution in [0.5, 0.6) is 0 Å². The highest BCUT2D eigenvalue weighted by atomic mass is 35.5. The van der Waals surface area contributed by atoms with Crippen LogP contribution in [0.4, 0.5) is 5.69 Å². The van der Waals surface area contributed by atoms with Crippen LogP contribution in [0.3, 0.4) is 0 Å². The molecule has 0 aliphatic heterocycles. The van der Waals surface area contributed by atoms with Crippen LogP contribution in [0.2, 0.25) is 5.02 Å². The summed E-state index contributed by atoms with van der Waals surface area (Å²) >= 11 is 6.13. The highest BCUT2D eigenvalue weighted by molar-refractivity contribution is 6.32. The van der Waals surface area contributed by atoms with Crippen molar-refractivity contribution >= 4 is 23.2 Å². The summed E-state index contributed by atoms with van der Waals surface area (Å²) in [7, 11) is 0. The van der Waals surface area contributed by atoms with Gasteiger partial charge in [0.25, 0.3) is 5.91 Å². The maximum atomic E-state index is 13.4. The zero-order valence-electron chi connectivity index (χ0n) is 18.3. The summed E-state index contributed by atoms with van der Waals surface area (Å²) in [6, 6.07) is 18.5. The second kappa shape index (κ2) is 10.2. The minimum absolute atomic E-state index is 0.127. The van der Waals surface area contributed by atoms with Gasteiger partial charge in [0.2, 0.25) is 0 Å². The van der Waals surface area contributed by atoms with E-state index in [4.69, 9.17) is 16.9 Å². The number of halogens is 1. The Labute approximate surface area is 199 Å². The van der Waals surface area contributed by atoms with Crippen LogP contribution in [0, 0.1) is 17.2 Å². The third-order valence-corrected chi connectivity index (χ3v) is 6.76. The first-order valence-corrected chi connectivity index (χ1v) is 11.6. The molecule has 6 heteroatoms. The topological polar surface area (TPSA) is 86.0 Å². The number of rotatable bonds is 6. The van der Waals surface area contributed by atoms with E-state index in [0.29, 0.717) is 11.3 Å². The van der Waals surface area contributed by atoms with E-state index >= 15 is 0 Å². The lowest BCUT2D eigenvalue weighted by molar-refractivity contribution is -0.141. The minimum Gasteiger partial charge on any atom is -0.379 e. The van der Waals surface area contributed by atoms with E-state index in [1.165, 1.54) is 0 Å². The molecule has 1 aliphatic carbocycles. The van der Waals surface area contributed by atoms with Crippen molar-refractivity contribution in [3.63, 3.8) is 0 Å². The Morgan fingerprint density at radius 3 is 2.52 bits per heavy atom. The van der Waals surface area contributed by atoms with Gasteiger partial charge in [0.15, 0.2) is 0 Å². The van der Waals surface area contributed by atoms with Gasteiger partial charge in [0.1, 0.15) is 11.7 Å². The van der Waals surface area contributed by atoms with E-state index in [1.54, 1.807) is 24.4 Å². The van der Waals surface area contributed by atoms with Crippen LogP contribution < -0.4 is 5.32 Å². The van der Waals surface area contributed by atoms with Crippen molar-refractivity contribution in [3.8, 4) is 17.2 Å². The van der Waals surface area contributed by atoms with Crippen molar-refractivity contribution in [1.29, 1.82) is 5.26 Å². The second-order valence-corrected chi connectivity index (χ2v) is 9.04. The second-order valence-electron chi connectivity index (χ2n) is 8.64. The Bertz CT molecular complexity index is 1150. The minimum atomic E-state index is -1.55. The third-order valence-electron chi connectivity index (χ3n) is 6.44. The summed E-state index contributed by atoms with van der Waals surface area (Å²) in [5.41, 5.74) is 2.20. The maximum Gasteiger partial charge on any atom is 0.256 e. The van der Waals surface area contributed by atoms with Gasteiger partial charge < -0.3 is 10.4 Å². The van der Waals surface area contributed by atoms with Crippen LogP contribution in [0.15, 0.2) is 67.0 Å². The maximum absolute atomic E-state index is 13.4. The SMILES string of the molecule is N#Cc1ccc(NC(=O)C(O)(Cc2ccc(-c3cccnc3)cc2)C2CCCCC2)cc1Cl. The fourth-order valence-corrected chi connectivity index (χ4v) is 4.80. The van der Waals surface area contributed by atoms with Crippen LogP contribution in [-0.4, -0.2) is 21.6 Å². The van der Waals surface area contributed by atoms with E-state index in [1.807, 2.05) is 48.7 Å². The molecule has 168 valence electrons. The number of carbonyl (C=O) groups is 1. The number of aromatic nitrogens is 1. The fourth-order valence-electron chi connectivity index (χ4n) is 4.57. The zero-order chi connectivity index (χ0) is 23.3. The number of hydrogen-bond donors (Lipinski definition) is 2. The van der Waals surface area contributed by atoms with E-state index in [9.17, 15) is 9.90 Å². The molecule has 1 saturated carbocycles. The van der Waals surface area contributed by atoms with E-state index in [0.717, 1.165) is 48.8 Å². The number of anilines is 1. The number of benzene rings is 2. The molecule has 4 rings (SSSR count). The molecule has 1 unspecified atom stereocenters. The number of nitrogens with one attached hydrogen (secondary N) is 1. The Hall–Kier alpha value is -3.20. The lowest BCUT2D eigenvalue weighted by Gasteiger charge is -2.37. The normalized spacial score (nSPS) is 15.9. The van der Waals surface area contributed by atoms with Crippen molar-refractivity contribution in [3.05, 3.63) is 83.1 Å². The van der Waals surface area contributed by atoms with Crippen molar-refractivity contribution in [2.45, 2.75) is 44.1 Å². The molecule has 2 aromatic carbocycles. The molecule has 5 nitrogen and oxygen atoms in total. The molecule has 3 aromatic rings. The van der Waals surface area contributed by atoms with Crippen LogP contribution in [0.1, 0.15) is 43.2 Å². The summed E-state index contributed by atoms with van der Waals surface area (Å²) in [5, 5.41) is 24.0. The van der Waals surface area contributed by atoms with Gasteiger partial charge in [-0.2, -0.15) is 5.26 Å². The molecule has 0 bridgehead atoms. The van der Waals surface area contributed by atoms with E-state index < -0.39 is 11.5 Å². The summed E-state index contributed by atoms with van der Waals surface area (Å²) in [6.07, 6.45) is 8.52. The van der Waals surface area contributed by atoms with Crippen molar-refractivity contribution in [1.82, 2.24) is 4.98 Å². The predicted octanol–water partition coefficient (Wildman–Crippen LogP) is 5.77. The molecular formula is C27H26ClN3O2. The van der Waals surface area contributed by atoms with Gasteiger partial charge >= 0.3 is 0 Å². The predicted molar refractivity (Wildman–Crippen MR) is 130 cm³/mol. The number of nitriles is 1. The molecular weight excluding hydrogens is 434 g/mol. The van der Waals surface area contributed by atoms with Crippen molar-refractivity contribution < 1.29 is 9.90 Å². The van der Waals surface area contributed by atoms with Gasteiger partial charge in [0, 0.05) is 24.5 Å². The number of carbonyl (C=O) groups excluding carboxylic acids is 1. The first kappa shape index (κ1) is 23.0. The average Bonchev–Trinajstić information content (AvgIpc) is 2.85. The van der Waals surface area contributed by atoms with Crippen LogP contribution in [0.25, 0.3) is 11.1 Å². The van der Waals surface area contributed by atoms with Gasteiger partial charge in [-0.25, -0.2) is 0 Å². The monoisotopic (exact) mass is 459 g/mol. The summed E-state index contributed by atoms with van der Waals surface area (Å²) in [4.78, 5) is 17.6. The molecule has 1 atom stereocenters. The van der Waals surface area contributed by atoms with Gasteiger partial charge in [-0.05, 0) is 59.7 Å². The summed E-state index contributed by atoms with van der Waals surface area (Å²) < 4.78 is 0. The van der Waals surface area contributed by atoms with Crippen LogP contribution >= 0.6 is 11.6 Å². The lowest BCUT2D eigenvalue weighted by atomic mass is 9.73. The lowest BCUT2D eigenvalue weighted by Crippen LogP contribution is -2.51. The molecule has 33 heavy (non-hydrogen) atoms.